The average Bonchev–Trinajstić information content (AvgIpc) is 2.39. The molecule has 5 heteroatoms. The smallest absolute Gasteiger partial charge is 0.309 e. The van der Waals surface area contributed by atoms with Crippen LogP contribution in [0.15, 0.2) is 6.20 Å². The second kappa shape index (κ2) is 5.29. The first-order valence-corrected chi connectivity index (χ1v) is 3.75. The number of carboxylic acids is 1. The topological polar surface area (TPSA) is 68.0 Å². The molecule has 0 unspecified atom stereocenters. The zero-order chi connectivity index (χ0) is 9.56. The second-order valence-corrected chi connectivity index (χ2v) is 1.95. The Morgan fingerprint density at radius 1 is 1.67 bits per heavy atom. The largest absolute Gasteiger partial charge is 0.481 e. The molecule has 1 rings (SSSR count). The molecule has 0 saturated carbocycles. The standard InChI is InChI=1S/C5H7N3O2.C2H6/c1-8-3-4(6-7-8)2-5(9)10;1-2/h3H,2H2,1H3,(H,9,10);1-2H3. The van der Waals surface area contributed by atoms with Crippen molar-refractivity contribution in [2.24, 2.45) is 7.05 Å². The lowest BCUT2D eigenvalue weighted by atomic mass is 10.3. The summed E-state index contributed by atoms with van der Waals surface area (Å²) in [5, 5.41) is 15.5. The molecule has 1 N–H and O–H groups in total. The van der Waals surface area contributed by atoms with Crippen molar-refractivity contribution in [1.82, 2.24) is 15.0 Å². The molecule has 1 aromatic heterocycles. The molecule has 0 aliphatic rings. The third-order valence-corrected chi connectivity index (χ3v) is 0.982. The Hall–Kier alpha value is -1.39. The lowest BCUT2D eigenvalue weighted by molar-refractivity contribution is -0.136. The molecule has 0 fully saturated rings. The number of aliphatic carboxylic acids is 1. The summed E-state index contributed by atoms with van der Waals surface area (Å²) in [7, 11) is 1.69. The number of rotatable bonds is 2. The van der Waals surface area contributed by atoms with E-state index in [1.54, 1.807) is 13.2 Å². The predicted molar refractivity (Wildman–Crippen MR) is 43.7 cm³/mol. The van der Waals surface area contributed by atoms with E-state index in [0.717, 1.165) is 0 Å². The minimum Gasteiger partial charge on any atom is -0.481 e. The molecule has 0 aliphatic heterocycles. The number of aromatic nitrogens is 3. The summed E-state index contributed by atoms with van der Waals surface area (Å²) >= 11 is 0. The number of carboxylic acid groups (broad SMARTS) is 1. The van der Waals surface area contributed by atoms with Crippen LogP contribution in [0.3, 0.4) is 0 Å². The SMILES string of the molecule is CC.Cn1cc(CC(=O)O)nn1. The highest BCUT2D eigenvalue weighted by molar-refractivity contribution is 5.69. The molecule has 0 spiro atoms. The summed E-state index contributed by atoms with van der Waals surface area (Å²) < 4.78 is 1.47. The van der Waals surface area contributed by atoms with Gasteiger partial charge in [0.15, 0.2) is 0 Å². The maximum absolute atomic E-state index is 10.1. The van der Waals surface area contributed by atoms with E-state index in [1.807, 2.05) is 13.8 Å². The van der Waals surface area contributed by atoms with E-state index in [9.17, 15) is 4.79 Å². The third-order valence-electron chi connectivity index (χ3n) is 0.982. The molecule has 68 valence electrons. The maximum Gasteiger partial charge on any atom is 0.309 e. The van der Waals surface area contributed by atoms with Gasteiger partial charge in [-0.2, -0.15) is 0 Å². The number of aryl methyl sites for hydroxylation is 1. The molecule has 1 heterocycles. The fraction of sp³-hybridized carbons (Fsp3) is 0.571. The van der Waals surface area contributed by atoms with Crippen molar-refractivity contribution in [2.75, 3.05) is 0 Å². The van der Waals surface area contributed by atoms with Gasteiger partial charge in [-0.25, -0.2) is 0 Å². The minimum absolute atomic E-state index is 0.0617. The van der Waals surface area contributed by atoms with E-state index in [-0.39, 0.29) is 6.42 Å². The van der Waals surface area contributed by atoms with Gasteiger partial charge in [0.05, 0.1) is 12.1 Å². The van der Waals surface area contributed by atoms with Crippen molar-refractivity contribution < 1.29 is 9.90 Å². The molecule has 0 bridgehead atoms. The van der Waals surface area contributed by atoms with E-state index >= 15 is 0 Å². The Morgan fingerprint density at radius 3 is 2.58 bits per heavy atom. The van der Waals surface area contributed by atoms with Crippen LogP contribution in [0.2, 0.25) is 0 Å². The van der Waals surface area contributed by atoms with Gasteiger partial charge in [-0.15, -0.1) is 5.10 Å². The highest BCUT2D eigenvalue weighted by atomic mass is 16.4. The van der Waals surface area contributed by atoms with E-state index in [4.69, 9.17) is 5.11 Å². The van der Waals surface area contributed by atoms with E-state index in [1.165, 1.54) is 4.68 Å². The van der Waals surface area contributed by atoms with E-state index < -0.39 is 5.97 Å². The first kappa shape index (κ1) is 10.6. The van der Waals surface area contributed by atoms with Gasteiger partial charge in [0.25, 0.3) is 0 Å². The highest BCUT2D eigenvalue weighted by Crippen LogP contribution is 1.91. The van der Waals surface area contributed by atoms with Crippen molar-refractivity contribution in [3.8, 4) is 0 Å². The normalized spacial score (nSPS) is 8.58. The molecular weight excluding hydrogens is 158 g/mol. The van der Waals surface area contributed by atoms with Gasteiger partial charge in [-0.3, -0.25) is 9.48 Å². The second-order valence-electron chi connectivity index (χ2n) is 1.95. The van der Waals surface area contributed by atoms with Crippen molar-refractivity contribution in [3.05, 3.63) is 11.9 Å². The van der Waals surface area contributed by atoms with Crippen LogP contribution >= 0.6 is 0 Å². The summed E-state index contributed by atoms with van der Waals surface area (Å²) in [5.41, 5.74) is 0.481. The fourth-order valence-electron chi connectivity index (χ4n) is 0.631. The highest BCUT2D eigenvalue weighted by Gasteiger charge is 2.02. The van der Waals surface area contributed by atoms with Crippen LogP contribution in [-0.4, -0.2) is 26.1 Å². The Balaban J connectivity index is 0.000000561. The summed E-state index contributed by atoms with van der Waals surface area (Å²) in [4.78, 5) is 10.1. The minimum atomic E-state index is -0.888. The number of carbonyl (C=O) groups is 1. The van der Waals surface area contributed by atoms with Gasteiger partial charge < -0.3 is 5.11 Å². The van der Waals surface area contributed by atoms with Crippen LogP contribution in [-0.2, 0) is 18.3 Å². The number of nitrogens with zero attached hydrogens (tertiary/aromatic N) is 3. The van der Waals surface area contributed by atoms with E-state index in [2.05, 4.69) is 10.3 Å². The van der Waals surface area contributed by atoms with Gasteiger partial charge in [0, 0.05) is 13.2 Å². The molecule has 0 amide bonds. The molecular formula is C7H13N3O2. The Kier molecular flexibility index (Phi) is 4.67. The molecule has 0 radical (unpaired) electrons. The van der Waals surface area contributed by atoms with Gasteiger partial charge in [0.1, 0.15) is 0 Å². The molecule has 0 saturated heterocycles. The summed E-state index contributed by atoms with van der Waals surface area (Å²) in [6, 6.07) is 0. The first-order chi connectivity index (χ1) is 5.68. The number of hydrogen-bond acceptors (Lipinski definition) is 3. The lowest BCUT2D eigenvalue weighted by Crippen LogP contribution is -1.99. The van der Waals surface area contributed by atoms with Gasteiger partial charge in [-0.1, -0.05) is 19.1 Å². The van der Waals surface area contributed by atoms with Crippen molar-refractivity contribution in [2.45, 2.75) is 20.3 Å². The summed E-state index contributed by atoms with van der Waals surface area (Å²) in [6.45, 7) is 4.00. The van der Waals surface area contributed by atoms with Gasteiger partial charge >= 0.3 is 5.97 Å². The molecule has 0 atom stereocenters. The molecule has 0 aliphatic carbocycles. The van der Waals surface area contributed by atoms with Crippen molar-refractivity contribution in [3.63, 3.8) is 0 Å². The maximum atomic E-state index is 10.1. The predicted octanol–water partition coefficient (Wildman–Crippen LogP) is 0.468. The summed E-state index contributed by atoms with van der Waals surface area (Å²) in [6.07, 6.45) is 1.52. The quantitative estimate of drug-likeness (QED) is 0.702. The van der Waals surface area contributed by atoms with E-state index in [0.29, 0.717) is 5.69 Å². The molecule has 0 aromatic carbocycles. The fourth-order valence-corrected chi connectivity index (χ4v) is 0.631. The van der Waals surface area contributed by atoms with Crippen LogP contribution in [0.1, 0.15) is 19.5 Å². The Morgan fingerprint density at radius 2 is 2.25 bits per heavy atom. The average molecular weight is 171 g/mol. The molecule has 12 heavy (non-hydrogen) atoms. The summed E-state index contributed by atoms with van der Waals surface area (Å²) in [5.74, 6) is -0.888. The zero-order valence-electron chi connectivity index (χ0n) is 7.48. The molecule has 1 aromatic rings. The van der Waals surface area contributed by atoms with Crippen molar-refractivity contribution >= 4 is 5.97 Å². The van der Waals surface area contributed by atoms with Crippen molar-refractivity contribution in [1.29, 1.82) is 0 Å². The van der Waals surface area contributed by atoms with Crippen LogP contribution in [0.25, 0.3) is 0 Å². The van der Waals surface area contributed by atoms with Crippen LogP contribution in [0.4, 0.5) is 0 Å². The Bertz CT molecular complexity index is 245. The molecule has 5 nitrogen and oxygen atoms in total. The number of hydrogen-bond donors (Lipinski definition) is 1. The van der Waals surface area contributed by atoms with Crippen LogP contribution < -0.4 is 0 Å². The first-order valence-electron chi connectivity index (χ1n) is 3.75. The zero-order valence-corrected chi connectivity index (χ0v) is 7.48. The lowest BCUT2D eigenvalue weighted by Gasteiger charge is -1.83. The monoisotopic (exact) mass is 171 g/mol. The van der Waals surface area contributed by atoms with Crippen LogP contribution in [0, 0.1) is 0 Å². The third kappa shape index (κ3) is 3.70. The van der Waals surface area contributed by atoms with Gasteiger partial charge in [-0.05, 0) is 0 Å². The van der Waals surface area contributed by atoms with Gasteiger partial charge in [0.2, 0.25) is 0 Å². The van der Waals surface area contributed by atoms with Crippen LogP contribution in [0.5, 0.6) is 0 Å². The Labute approximate surface area is 71.0 Å².